The van der Waals surface area contributed by atoms with Gasteiger partial charge in [0.2, 0.25) is 5.95 Å². The maximum atomic E-state index is 11.1. The molecule has 0 spiro atoms. The maximum Gasteiger partial charge on any atom is 0.339 e. The van der Waals surface area contributed by atoms with E-state index in [1.165, 1.54) is 6.20 Å². The lowest BCUT2D eigenvalue weighted by molar-refractivity contribution is 0.0694. The van der Waals surface area contributed by atoms with Crippen LogP contribution in [-0.2, 0) is 0 Å². The van der Waals surface area contributed by atoms with E-state index in [9.17, 15) is 4.79 Å². The van der Waals surface area contributed by atoms with Gasteiger partial charge in [-0.15, -0.1) is 0 Å². The molecule has 2 fully saturated rings. The minimum absolute atomic E-state index is 0.271. The van der Waals surface area contributed by atoms with E-state index in [1.54, 1.807) is 0 Å². The van der Waals surface area contributed by atoms with Crippen LogP contribution in [0.3, 0.4) is 0 Å². The summed E-state index contributed by atoms with van der Waals surface area (Å²) >= 11 is 1.93. The number of carbonyl (C=O) groups is 1. The van der Waals surface area contributed by atoms with Crippen LogP contribution in [0.1, 0.15) is 34.8 Å². The number of aromatic carboxylic acids is 1. The van der Waals surface area contributed by atoms with Gasteiger partial charge in [-0.1, -0.05) is 0 Å². The van der Waals surface area contributed by atoms with Gasteiger partial charge < -0.3 is 10.0 Å². The normalized spacial score (nSPS) is 19.9. The van der Waals surface area contributed by atoms with Gasteiger partial charge in [0.05, 0.1) is 11.3 Å². The highest BCUT2D eigenvalue weighted by Crippen LogP contribution is 2.41. The molecular formula is C12H15N3O2S. The van der Waals surface area contributed by atoms with Crippen LogP contribution >= 0.6 is 11.8 Å². The fourth-order valence-corrected chi connectivity index (χ4v) is 3.04. The summed E-state index contributed by atoms with van der Waals surface area (Å²) < 4.78 is 0. The van der Waals surface area contributed by atoms with Gasteiger partial charge >= 0.3 is 5.97 Å². The van der Waals surface area contributed by atoms with Crippen molar-refractivity contribution in [3.8, 4) is 0 Å². The molecule has 0 radical (unpaired) electrons. The lowest BCUT2D eigenvalue weighted by Gasteiger charge is -2.26. The summed E-state index contributed by atoms with van der Waals surface area (Å²) in [6, 6.07) is 0. The van der Waals surface area contributed by atoms with Gasteiger partial charge in [0.25, 0.3) is 0 Å². The summed E-state index contributed by atoms with van der Waals surface area (Å²) in [7, 11) is 0. The van der Waals surface area contributed by atoms with E-state index in [4.69, 9.17) is 5.11 Å². The highest BCUT2D eigenvalue weighted by atomic mass is 32.2. The first-order valence-corrected chi connectivity index (χ1v) is 7.34. The molecule has 1 saturated heterocycles. The lowest BCUT2D eigenvalue weighted by atomic mass is 10.1. The zero-order chi connectivity index (χ0) is 12.5. The second-order valence-corrected chi connectivity index (χ2v) is 5.87. The minimum Gasteiger partial charge on any atom is -0.478 e. The Hall–Kier alpha value is -1.30. The molecule has 1 aromatic rings. The molecule has 3 rings (SSSR count). The summed E-state index contributed by atoms with van der Waals surface area (Å²) in [5, 5.41) is 9.15. The molecule has 5 nitrogen and oxygen atoms in total. The van der Waals surface area contributed by atoms with Crippen molar-refractivity contribution in [1.29, 1.82) is 0 Å². The molecule has 0 atom stereocenters. The molecule has 96 valence electrons. The minimum atomic E-state index is -0.919. The molecule has 1 aliphatic heterocycles. The van der Waals surface area contributed by atoms with Crippen molar-refractivity contribution in [3.63, 3.8) is 0 Å². The third-order valence-electron chi connectivity index (χ3n) is 3.29. The van der Waals surface area contributed by atoms with Crippen LogP contribution in [0, 0.1) is 0 Å². The Balaban J connectivity index is 1.91. The summed E-state index contributed by atoms with van der Waals surface area (Å²) in [6.07, 6.45) is 3.57. The zero-order valence-corrected chi connectivity index (χ0v) is 10.8. The Morgan fingerprint density at radius 1 is 1.39 bits per heavy atom. The van der Waals surface area contributed by atoms with Crippen molar-refractivity contribution in [1.82, 2.24) is 9.97 Å². The number of anilines is 1. The topological polar surface area (TPSA) is 66.3 Å². The first kappa shape index (κ1) is 11.8. The number of nitrogens with zero attached hydrogens (tertiary/aromatic N) is 3. The molecule has 6 heteroatoms. The van der Waals surface area contributed by atoms with Crippen LogP contribution in [0.15, 0.2) is 6.20 Å². The van der Waals surface area contributed by atoms with Crippen LogP contribution < -0.4 is 4.90 Å². The average molecular weight is 265 g/mol. The summed E-state index contributed by atoms with van der Waals surface area (Å²) in [4.78, 5) is 22.0. The number of thioether (sulfide) groups is 1. The van der Waals surface area contributed by atoms with Crippen LogP contribution in [0.5, 0.6) is 0 Å². The predicted octanol–water partition coefficient (Wildman–Crippen LogP) is 1.61. The third kappa shape index (κ3) is 2.29. The maximum absolute atomic E-state index is 11.1. The zero-order valence-electron chi connectivity index (χ0n) is 10.0. The highest BCUT2D eigenvalue weighted by molar-refractivity contribution is 7.99. The molecule has 1 saturated carbocycles. The highest BCUT2D eigenvalue weighted by Gasteiger charge is 2.31. The van der Waals surface area contributed by atoms with Gasteiger partial charge in [-0.3, -0.25) is 0 Å². The molecule has 18 heavy (non-hydrogen) atoms. The Bertz CT molecular complexity index is 470. The average Bonchev–Trinajstić information content (AvgIpc) is 3.23. The number of aromatic nitrogens is 2. The molecule has 2 heterocycles. The molecule has 0 unspecified atom stereocenters. The number of rotatable bonds is 3. The van der Waals surface area contributed by atoms with Crippen molar-refractivity contribution < 1.29 is 9.90 Å². The van der Waals surface area contributed by atoms with Gasteiger partial charge in [-0.25, -0.2) is 14.8 Å². The van der Waals surface area contributed by atoms with Crippen molar-refractivity contribution >= 4 is 23.7 Å². The quantitative estimate of drug-likeness (QED) is 0.895. The molecular weight excluding hydrogens is 250 g/mol. The number of hydrogen-bond acceptors (Lipinski definition) is 5. The fourth-order valence-electron chi connectivity index (χ4n) is 2.13. The van der Waals surface area contributed by atoms with E-state index in [-0.39, 0.29) is 5.56 Å². The van der Waals surface area contributed by atoms with E-state index >= 15 is 0 Å². The van der Waals surface area contributed by atoms with Crippen molar-refractivity contribution in [2.75, 3.05) is 29.5 Å². The number of hydrogen-bond donors (Lipinski definition) is 1. The second kappa shape index (κ2) is 4.76. The van der Waals surface area contributed by atoms with E-state index < -0.39 is 5.97 Å². The molecule has 1 aliphatic carbocycles. The van der Waals surface area contributed by atoms with Crippen LogP contribution in [0.25, 0.3) is 0 Å². The van der Waals surface area contributed by atoms with Crippen LogP contribution in [-0.4, -0.2) is 45.6 Å². The van der Waals surface area contributed by atoms with Gasteiger partial charge in [-0.05, 0) is 12.8 Å². The first-order valence-electron chi connectivity index (χ1n) is 6.18. The largest absolute Gasteiger partial charge is 0.478 e. The van der Waals surface area contributed by atoms with Crippen LogP contribution in [0.4, 0.5) is 5.95 Å². The van der Waals surface area contributed by atoms with E-state index in [0.29, 0.717) is 11.9 Å². The van der Waals surface area contributed by atoms with Crippen molar-refractivity contribution in [3.05, 3.63) is 17.5 Å². The third-order valence-corrected chi connectivity index (χ3v) is 4.24. The molecule has 0 amide bonds. The smallest absolute Gasteiger partial charge is 0.339 e. The molecule has 1 N–H and O–H groups in total. The lowest BCUT2D eigenvalue weighted by Crippen LogP contribution is -2.34. The molecule has 0 bridgehead atoms. The molecule has 1 aromatic heterocycles. The van der Waals surface area contributed by atoms with E-state index in [1.807, 2.05) is 11.8 Å². The van der Waals surface area contributed by atoms with E-state index in [2.05, 4.69) is 14.9 Å². The van der Waals surface area contributed by atoms with Gasteiger partial charge in [-0.2, -0.15) is 11.8 Å². The first-order chi connectivity index (χ1) is 8.75. The monoisotopic (exact) mass is 265 g/mol. The summed E-state index contributed by atoms with van der Waals surface area (Å²) in [6.45, 7) is 1.89. The van der Waals surface area contributed by atoms with Crippen molar-refractivity contribution in [2.24, 2.45) is 0 Å². The SMILES string of the molecule is O=C(O)c1cnc(N2CCSCC2)nc1C1CC1. The van der Waals surface area contributed by atoms with Crippen molar-refractivity contribution in [2.45, 2.75) is 18.8 Å². The van der Waals surface area contributed by atoms with Crippen LogP contribution in [0.2, 0.25) is 0 Å². The summed E-state index contributed by atoms with van der Waals surface area (Å²) in [5.74, 6) is 2.28. The number of carboxylic acids is 1. The Kier molecular flexibility index (Phi) is 3.11. The Labute approximate surface area is 110 Å². The molecule has 2 aliphatic rings. The fraction of sp³-hybridized carbons (Fsp3) is 0.583. The van der Waals surface area contributed by atoms with Gasteiger partial charge in [0.1, 0.15) is 0 Å². The van der Waals surface area contributed by atoms with E-state index in [0.717, 1.165) is 43.1 Å². The Morgan fingerprint density at radius 3 is 2.72 bits per heavy atom. The number of carboxylic acid groups (broad SMARTS) is 1. The molecule has 0 aromatic carbocycles. The second-order valence-electron chi connectivity index (χ2n) is 4.65. The van der Waals surface area contributed by atoms with Gasteiger partial charge in [0.15, 0.2) is 0 Å². The Morgan fingerprint density at radius 2 is 2.11 bits per heavy atom. The standard InChI is InChI=1S/C12H15N3O2S/c16-11(17)9-7-13-12(14-10(9)8-1-2-8)15-3-5-18-6-4-15/h7-8H,1-6H2,(H,16,17). The summed E-state index contributed by atoms with van der Waals surface area (Å²) in [5.41, 5.74) is 0.998. The van der Waals surface area contributed by atoms with Gasteiger partial charge in [0, 0.05) is 36.7 Å². The predicted molar refractivity (Wildman–Crippen MR) is 70.5 cm³/mol.